The number of ketones is 1. The number of carbonyl (C=O) groups excluding carboxylic acids is 2. The summed E-state index contributed by atoms with van der Waals surface area (Å²) in [5, 5.41) is 0. The molecule has 2 aliphatic carbocycles. The monoisotopic (exact) mass is 346 g/mol. The van der Waals surface area contributed by atoms with Crippen LogP contribution in [0.1, 0.15) is 62.2 Å². The van der Waals surface area contributed by atoms with E-state index >= 15 is 0 Å². The van der Waals surface area contributed by atoms with Crippen molar-refractivity contribution in [2.75, 3.05) is 0 Å². The van der Waals surface area contributed by atoms with E-state index in [4.69, 9.17) is 13.9 Å². The second-order valence-corrected chi connectivity index (χ2v) is 8.50. The van der Waals surface area contributed by atoms with Crippen LogP contribution in [0.4, 0.5) is 0 Å². The standard InChI is InChI=1S/C20H26O5/c1-10-9-23-17-13(10)8-19(4)11(2)15(7-6-14(19)16(17)21)24-18(22)20(5)12(3)25-20/h9,11-12,14-15H,6-8H2,1-5H3/t11-,12?,14-,15+,19+,20?/m0/s1. The molecule has 1 saturated carbocycles. The summed E-state index contributed by atoms with van der Waals surface area (Å²) in [5.41, 5.74) is 1.03. The van der Waals surface area contributed by atoms with E-state index < -0.39 is 5.60 Å². The van der Waals surface area contributed by atoms with E-state index in [0.717, 1.165) is 24.0 Å². The number of hydrogen-bond donors (Lipinski definition) is 0. The van der Waals surface area contributed by atoms with Crippen LogP contribution in [-0.4, -0.2) is 29.6 Å². The zero-order valence-electron chi connectivity index (χ0n) is 15.5. The maximum absolute atomic E-state index is 12.9. The molecule has 0 aromatic carbocycles. The summed E-state index contributed by atoms with van der Waals surface area (Å²) in [7, 11) is 0. The molecule has 136 valence electrons. The van der Waals surface area contributed by atoms with Crippen molar-refractivity contribution in [3.05, 3.63) is 23.2 Å². The van der Waals surface area contributed by atoms with E-state index in [2.05, 4.69) is 13.8 Å². The Morgan fingerprint density at radius 2 is 1.96 bits per heavy atom. The normalized spacial score (nSPS) is 42.5. The molecule has 2 heterocycles. The number of ether oxygens (including phenoxy) is 2. The third kappa shape index (κ3) is 2.24. The largest absolute Gasteiger partial charge is 0.461 e. The van der Waals surface area contributed by atoms with Gasteiger partial charge in [-0.05, 0) is 56.9 Å². The van der Waals surface area contributed by atoms with Crippen LogP contribution in [0.15, 0.2) is 10.7 Å². The van der Waals surface area contributed by atoms with Crippen molar-refractivity contribution in [1.82, 2.24) is 0 Å². The van der Waals surface area contributed by atoms with E-state index in [-0.39, 0.29) is 41.2 Å². The van der Waals surface area contributed by atoms with Crippen molar-refractivity contribution < 1.29 is 23.5 Å². The van der Waals surface area contributed by atoms with Crippen molar-refractivity contribution >= 4 is 11.8 Å². The summed E-state index contributed by atoms with van der Waals surface area (Å²) in [4.78, 5) is 25.4. The maximum atomic E-state index is 12.9. The first-order valence-corrected chi connectivity index (χ1v) is 9.18. The number of Topliss-reactive ketones (excluding diaryl/α,β-unsaturated/α-hetero) is 1. The van der Waals surface area contributed by atoms with E-state index in [0.29, 0.717) is 12.2 Å². The SMILES string of the molecule is Cc1coc2c1C[C@@]1(C)[C@@H](CC[C@@H](OC(=O)C3(C)OC3C)[C@@H]1C)C2=O. The Kier molecular flexibility index (Phi) is 3.50. The molecule has 0 spiro atoms. The van der Waals surface area contributed by atoms with Crippen LogP contribution in [0.25, 0.3) is 0 Å². The number of furan rings is 1. The van der Waals surface area contributed by atoms with Crippen LogP contribution >= 0.6 is 0 Å². The average molecular weight is 346 g/mol. The Labute approximate surface area is 148 Å². The Balaban J connectivity index is 1.59. The lowest BCUT2D eigenvalue weighted by Crippen LogP contribution is -2.52. The highest BCUT2D eigenvalue weighted by Gasteiger charge is 2.59. The first-order chi connectivity index (χ1) is 11.7. The van der Waals surface area contributed by atoms with E-state index in [1.807, 2.05) is 13.8 Å². The number of epoxide rings is 1. The molecule has 5 heteroatoms. The predicted molar refractivity (Wildman–Crippen MR) is 90.3 cm³/mol. The summed E-state index contributed by atoms with van der Waals surface area (Å²) < 4.78 is 16.8. The Hall–Kier alpha value is -1.62. The van der Waals surface area contributed by atoms with Gasteiger partial charge in [0.15, 0.2) is 11.4 Å². The molecule has 0 radical (unpaired) electrons. The highest BCUT2D eigenvalue weighted by molar-refractivity contribution is 5.99. The van der Waals surface area contributed by atoms with Crippen molar-refractivity contribution in [1.29, 1.82) is 0 Å². The van der Waals surface area contributed by atoms with Crippen LogP contribution < -0.4 is 0 Å². The lowest BCUT2D eigenvalue weighted by molar-refractivity contribution is -0.165. The summed E-state index contributed by atoms with van der Waals surface area (Å²) in [6.45, 7) is 9.91. The summed E-state index contributed by atoms with van der Waals surface area (Å²) >= 11 is 0. The molecule has 2 fully saturated rings. The van der Waals surface area contributed by atoms with Gasteiger partial charge >= 0.3 is 5.97 Å². The smallest absolute Gasteiger partial charge is 0.341 e. The molecule has 5 nitrogen and oxygen atoms in total. The number of rotatable bonds is 2. The quantitative estimate of drug-likeness (QED) is 0.606. The lowest BCUT2D eigenvalue weighted by atomic mass is 9.54. The second kappa shape index (κ2) is 5.19. The van der Waals surface area contributed by atoms with Gasteiger partial charge in [0.1, 0.15) is 6.10 Å². The van der Waals surface area contributed by atoms with Crippen LogP contribution in [0.3, 0.4) is 0 Å². The molecule has 4 rings (SSSR count). The third-order valence-corrected chi connectivity index (χ3v) is 7.14. The maximum Gasteiger partial charge on any atom is 0.341 e. The molecule has 1 aliphatic heterocycles. The van der Waals surface area contributed by atoms with Crippen LogP contribution in [-0.2, 0) is 20.7 Å². The van der Waals surface area contributed by atoms with Gasteiger partial charge in [-0.3, -0.25) is 4.79 Å². The minimum Gasteiger partial charge on any atom is -0.461 e. The van der Waals surface area contributed by atoms with Gasteiger partial charge in [0.05, 0.1) is 12.4 Å². The Morgan fingerprint density at radius 1 is 1.28 bits per heavy atom. The fourth-order valence-corrected chi connectivity index (χ4v) is 4.76. The molecule has 0 N–H and O–H groups in total. The number of hydrogen-bond acceptors (Lipinski definition) is 5. The van der Waals surface area contributed by atoms with Crippen LogP contribution in [0.5, 0.6) is 0 Å². The van der Waals surface area contributed by atoms with Crippen LogP contribution in [0.2, 0.25) is 0 Å². The predicted octanol–water partition coefficient (Wildman–Crippen LogP) is 3.47. The number of carbonyl (C=O) groups is 2. The molecule has 1 saturated heterocycles. The van der Waals surface area contributed by atoms with E-state index in [9.17, 15) is 9.59 Å². The second-order valence-electron chi connectivity index (χ2n) is 8.50. The molecule has 3 aliphatic rings. The fraction of sp³-hybridized carbons (Fsp3) is 0.700. The van der Waals surface area contributed by atoms with Gasteiger partial charge < -0.3 is 13.9 Å². The van der Waals surface area contributed by atoms with Gasteiger partial charge in [-0.1, -0.05) is 13.8 Å². The Bertz CT molecular complexity index is 749. The molecule has 0 amide bonds. The van der Waals surface area contributed by atoms with Crippen molar-refractivity contribution in [2.24, 2.45) is 17.3 Å². The summed E-state index contributed by atoms with van der Waals surface area (Å²) in [6.07, 6.45) is 3.64. The fourth-order valence-electron chi connectivity index (χ4n) is 4.76. The number of esters is 1. The first kappa shape index (κ1) is 16.8. The lowest BCUT2D eigenvalue weighted by Gasteiger charge is -2.50. The van der Waals surface area contributed by atoms with Crippen molar-refractivity contribution in [3.8, 4) is 0 Å². The van der Waals surface area contributed by atoms with E-state index in [1.54, 1.807) is 13.2 Å². The highest BCUT2D eigenvalue weighted by Crippen LogP contribution is 2.53. The molecule has 6 atom stereocenters. The molecule has 2 unspecified atom stereocenters. The molecular weight excluding hydrogens is 320 g/mol. The summed E-state index contributed by atoms with van der Waals surface area (Å²) in [6, 6.07) is 0. The van der Waals surface area contributed by atoms with Gasteiger partial charge in [-0.15, -0.1) is 0 Å². The average Bonchev–Trinajstić information content (AvgIpc) is 3.01. The number of fused-ring (bicyclic) bond motifs is 2. The molecule has 0 bridgehead atoms. The molecular formula is C20H26O5. The third-order valence-electron chi connectivity index (χ3n) is 7.14. The molecule has 1 aromatic heterocycles. The van der Waals surface area contributed by atoms with Crippen molar-refractivity contribution in [3.63, 3.8) is 0 Å². The van der Waals surface area contributed by atoms with Gasteiger partial charge in [-0.2, -0.15) is 0 Å². The minimum absolute atomic E-state index is 0.0674. The van der Waals surface area contributed by atoms with E-state index in [1.165, 1.54) is 0 Å². The number of aryl methyl sites for hydroxylation is 1. The van der Waals surface area contributed by atoms with Gasteiger partial charge in [0, 0.05) is 11.5 Å². The first-order valence-electron chi connectivity index (χ1n) is 9.18. The zero-order chi connectivity index (χ0) is 18.1. The van der Waals surface area contributed by atoms with Crippen LogP contribution in [0, 0.1) is 24.2 Å². The highest BCUT2D eigenvalue weighted by atomic mass is 16.7. The molecule has 25 heavy (non-hydrogen) atoms. The van der Waals surface area contributed by atoms with Crippen molar-refractivity contribution in [2.45, 2.75) is 71.7 Å². The topological polar surface area (TPSA) is 69.0 Å². The van der Waals surface area contributed by atoms with Gasteiger partial charge in [-0.25, -0.2) is 4.79 Å². The van der Waals surface area contributed by atoms with Gasteiger partial charge in [0.25, 0.3) is 0 Å². The minimum atomic E-state index is -0.797. The Morgan fingerprint density at radius 3 is 2.60 bits per heavy atom. The zero-order valence-corrected chi connectivity index (χ0v) is 15.5. The molecule has 1 aromatic rings. The summed E-state index contributed by atoms with van der Waals surface area (Å²) in [5.74, 6) is 0.401. The van der Waals surface area contributed by atoms with Gasteiger partial charge in [0.2, 0.25) is 5.78 Å².